The summed E-state index contributed by atoms with van der Waals surface area (Å²) < 4.78 is 28.8. The van der Waals surface area contributed by atoms with Crippen LogP contribution in [0.3, 0.4) is 0 Å². The van der Waals surface area contributed by atoms with Gasteiger partial charge in [0.05, 0.1) is 17.6 Å². The lowest BCUT2D eigenvalue weighted by atomic mass is 10.1. The summed E-state index contributed by atoms with van der Waals surface area (Å²) in [5, 5.41) is 6.90. The fourth-order valence-electron chi connectivity index (χ4n) is 3.43. The number of benzene rings is 1. The van der Waals surface area contributed by atoms with E-state index in [0.717, 1.165) is 63.6 Å². The standard InChI is InChI=1S/C22H38N4O3S/c1-5-23-22(24-13-10-19-6-8-21(9-7-19)30(4,27)28)25-20-11-14-26(15-12-20)16-17-29-18(2)3/h6-9,18,20H,5,10-17H2,1-4H3,(H2,23,24,25). The van der Waals surface area contributed by atoms with E-state index in [9.17, 15) is 8.42 Å². The molecule has 0 bridgehead atoms. The Labute approximate surface area is 182 Å². The van der Waals surface area contributed by atoms with Crippen molar-refractivity contribution in [1.82, 2.24) is 15.5 Å². The molecule has 0 aromatic heterocycles. The maximum atomic E-state index is 11.6. The molecule has 2 rings (SSSR count). The predicted octanol–water partition coefficient (Wildman–Crippen LogP) is 2.08. The van der Waals surface area contributed by atoms with Gasteiger partial charge in [-0.25, -0.2) is 8.42 Å². The van der Waals surface area contributed by atoms with Gasteiger partial charge in [-0.2, -0.15) is 0 Å². The number of piperidine rings is 1. The first-order valence-corrected chi connectivity index (χ1v) is 12.8. The molecule has 1 fully saturated rings. The number of sulfone groups is 1. The van der Waals surface area contributed by atoms with Crippen LogP contribution in [0, 0.1) is 0 Å². The highest BCUT2D eigenvalue weighted by Gasteiger charge is 2.19. The van der Waals surface area contributed by atoms with Gasteiger partial charge in [0.15, 0.2) is 15.8 Å². The fourth-order valence-corrected chi connectivity index (χ4v) is 4.06. The topological polar surface area (TPSA) is 83.0 Å². The number of nitrogens with one attached hydrogen (secondary N) is 2. The Morgan fingerprint density at radius 2 is 1.90 bits per heavy atom. The maximum Gasteiger partial charge on any atom is 0.191 e. The number of nitrogens with zero attached hydrogens (tertiary/aromatic N) is 2. The maximum absolute atomic E-state index is 11.6. The van der Waals surface area contributed by atoms with Crippen molar-refractivity contribution in [2.24, 2.45) is 4.99 Å². The van der Waals surface area contributed by atoms with E-state index < -0.39 is 9.84 Å². The van der Waals surface area contributed by atoms with Crippen LogP contribution in [0.1, 0.15) is 39.2 Å². The number of likely N-dealkylation sites (tertiary alicyclic amines) is 1. The van der Waals surface area contributed by atoms with Crippen LogP contribution in [0.4, 0.5) is 0 Å². The van der Waals surface area contributed by atoms with Gasteiger partial charge in [-0.3, -0.25) is 4.99 Å². The Morgan fingerprint density at radius 1 is 1.23 bits per heavy atom. The molecule has 0 unspecified atom stereocenters. The van der Waals surface area contributed by atoms with E-state index in [2.05, 4.69) is 36.3 Å². The van der Waals surface area contributed by atoms with Crippen molar-refractivity contribution < 1.29 is 13.2 Å². The van der Waals surface area contributed by atoms with Gasteiger partial charge in [-0.15, -0.1) is 0 Å². The lowest BCUT2D eigenvalue weighted by Crippen LogP contribution is -2.49. The molecule has 1 aromatic rings. The highest BCUT2D eigenvalue weighted by atomic mass is 32.2. The molecule has 0 amide bonds. The SMILES string of the molecule is CCNC(=NCCc1ccc(S(C)(=O)=O)cc1)NC1CCN(CCOC(C)C)CC1. The third-order valence-electron chi connectivity index (χ3n) is 5.15. The zero-order chi connectivity index (χ0) is 22.0. The van der Waals surface area contributed by atoms with E-state index in [-0.39, 0.29) is 0 Å². The molecule has 170 valence electrons. The van der Waals surface area contributed by atoms with Crippen LogP contribution in [0.25, 0.3) is 0 Å². The summed E-state index contributed by atoms with van der Waals surface area (Å²) in [5.41, 5.74) is 1.08. The summed E-state index contributed by atoms with van der Waals surface area (Å²) in [6.45, 7) is 11.6. The van der Waals surface area contributed by atoms with Crippen molar-refractivity contribution in [3.05, 3.63) is 29.8 Å². The summed E-state index contributed by atoms with van der Waals surface area (Å²) >= 11 is 0. The zero-order valence-electron chi connectivity index (χ0n) is 18.9. The van der Waals surface area contributed by atoms with Gasteiger partial charge >= 0.3 is 0 Å². The minimum Gasteiger partial charge on any atom is -0.377 e. The Bertz CT molecular complexity index is 755. The molecule has 0 aliphatic carbocycles. The molecule has 1 aliphatic rings. The number of hydrogen-bond acceptors (Lipinski definition) is 5. The largest absolute Gasteiger partial charge is 0.377 e. The zero-order valence-corrected chi connectivity index (χ0v) is 19.7. The molecule has 1 saturated heterocycles. The van der Waals surface area contributed by atoms with E-state index >= 15 is 0 Å². The molecule has 0 radical (unpaired) electrons. The summed E-state index contributed by atoms with van der Waals surface area (Å²) in [7, 11) is -3.15. The van der Waals surface area contributed by atoms with E-state index in [0.29, 0.717) is 23.6 Å². The quantitative estimate of drug-likeness (QED) is 0.430. The van der Waals surface area contributed by atoms with Crippen molar-refractivity contribution in [2.45, 2.75) is 57.1 Å². The van der Waals surface area contributed by atoms with Gasteiger partial charge < -0.3 is 20.3 Å². The second-order valence-corrected chi connectivity index (χ2v) is 10.1. The van der Waals surface area contributed by atoms with Gasteiger partial charge in [0, 0.05) is 45.0 Å². The van der Waals surface area contributed by atoms with Crippen molar-refractivity contribution in [3.8, 4) is 0 Å². The first-order chi connectivity index (χ1) is 14.3. The lowest BCUT2D eigenvalue weighted by molar-refractivity contribution is 0.0532. The van der Waals surface area contributed by atoms with Crippen LogP contribution in [0.2, 0.25) is 0 Å². The van der Waals surface area contributed by atoms with E-state index in [1.54, 1.807) is 12.1 Å². The summed E-state index contributed by atoms with van der Waals surface area (Å²) in [5.74, 6) is 0.854. The minimum absolute atomic E-state index is 0.292. The smallest absolute Gasteiger partial charge is 0.191 e. The molecule has 0 spiro atoms. The third kappa shape index (κ3) is 9.02. The lowest BCUT2D eigenvalue weighted by Gasteiger charge is -2.33. The molecule has 8 heteroatoms. The molecule has 30 heavy (non-hydrogen) atoms. The van der Waals surface area contributed by atoms with E-state index in [4.69, 9.17) is 9.73 Å². The molecule has 0 atom stereocenters. The van der Waals surface area contributed by atoms with Crippen molar-refractivity contribution in [2.75, 3.05) is 45.6 Å². The van der Waals surface area contributed by atoms with Crippen LogP contribution < -0.4 is 10.6 Å². The Hall–Kier alpha value is -1.64. The second-order valence-electron chi connectivity index (χ2n) is 8.11. The number of rotatable bonds is 10. The number of hydrogen-bond donors (Lipinski definition) is 2. The van der Waals surface area contributed by atoms with E-state index in [1.807, 2.05) is 12.1 Å². The van der Waals surface area contributed by atoms with Gasteiger partial charge in [0.25, 0.3) is 0 Å². The molecule has 0 saturated carbocycles. The average molecular weight is 439 g/mol. The summed E-state index contributed by atoms with van der Waals surface area (Å²) in [4.78, 5) is 7.52. The van der Waals surface area contributed by atoms with Crippen LogP contribution in [0.5, 0.6) is 0 Å². The Morgan fingerprint density at radius 3 is 2.47 bits per heavy atom. The van der Waals surface area contributed by atoms with Gasteiger partial charge in [0.1, 0.15) is 0 Å². The normalized spacial score (nSPS) is 16.8. The number of guanidine groups is 1. The number of aliphatic imine (C=N–C) groups is 1. The summed E-state index contributed by atoms with van der Waals surface area (Å²) in [6, 6.07) is 7.49. The Kier molecular flexibility index (Phi) is 10.1. The molecule has 1 heterocycles. The molecule has 1 aromatic carbocycles. The molecule has 1 aliphatic heterocycles. The van der Waals surface area contributed by atoms with Crippen LogP contribution in [0.15, 0.2) is 34.2 Å². The highest BCUT2D eigenvalue weighted by molar-refractivity contribution is 7.90. The summed E-state index contributed by atoms with van der Waals surface area (Å²) in [6.07, 6.45) is 4.48. The van der Waals surface area contributed by atoms with E-state index in [1.165, 1.54) is 6.26 Å². The fraction of sp³-hybridized carbons (Fsp3) is 0.682. The van der Waals surface area contributed by atoms with Crippen molar-refractivity contribution in [3.63, 3.8) is 0 Å². The van der Waals surface area contributed by atoms with Crippen LogP contribution in [-0.2, 0) is 21.0 Å². The van der Waals surface area contributed by atoms with Crippen LogP contribution >= 0.6 is 0 Å². The van der Waals surface area contributed by atoms with Gasteiger partial charge in [-0.05, 0) is 57.7 Å². The highest BCUT2D eigenvalue weighted by Crippen LogP contribution is 2.12. The molecular weight excluding hydrogens is 400 g/mol. The first-order valence-electron chi connectivity index (χ1n) is 11.0. The monoisotopic (exact) mass is 438 g/mol. The average Bonchev–Trinajstić information content (AvgIpc) is 2.69. The number of ether oxygens (including phenoxy) is 1. The van der Waals surface area contributed by atoms with Gasteiger partial charge in [0.2, 0.25) is 0 Å². The minimum atomic E-state index is -3.15. The molecular formula is C22H38N4O3S. The second kappa shape index (κ2) is 12.3. The van der Waals surface area contributed by atoms with Crippen molar-refractivity contribution >= 4 is 15.8 Å². The molecule has 7 nitrogen and oxygen atoms in total. The van der Waals surface area contributed by atoms with Gasteiger partial charge in [-0.1, -0.05) is 12.1 Å². The van der Waals surface area contributed by atoms with Crippen LogP contribution in [-0.4, -0.2) is 77.0 Å². The van der Waals surface area contributed by atoms with Crippen molar-refractivity contribution in [1.29, 1.82) is 0 Å². The Balaban J connectivity index is 1.78. The predicted molar refractivity (Wildman–Crippen MR) is 123 cm³/mol. The molecule has 2 N–H and O–H groups in total. The first kappa shape index (κ1) is 24.6. The third-order valence-corrected chi connectivity index (χ3v) is 6.28.